The number of carbonyl (C=O) groups is 2. The van der Waals surface area contributed by atoms with Gasteiger partial charge in [0.15, 0.2) is 6.29 Å². The monoisotopic (exact) mass is 377 g/mol. The van der Waals surface area contributed by atoms with Crippen molar-refractivity contribution >= 4 is 24.0 Å². The molecule has 138 valence electrons. The molecule has 2 atom stereocenters. The number of ether oxygens (including phenoxy) is 1. The number of carbonyl (C=O) groups excluding carboxylic acids is 2. The van der Waals surface area contributed by atoms with Crippen molar-refractivity contribution < 1.29 is 24.5 Å². The quantitative estimate of drug-likeness (QED) is 0.615. The molecule has 0 aliphatic heterocycles. The number of benzene rings is 2. The fraction of sp³-hybridized carbons (Fsp3) is 0.263. The third kappa shape index (κ3) is 5.84. The van der Waals surface area contributed by atoms with E-state index >= 15 is 0 Å². The lowest BCUT2D eigenvalue weighted by Crippen LogP contribution is -2.29. The van der Waals surface area contributed by atoms with Crippen molar-refractivity contribution in [3.05, 3.63) is 70.2 Å². The summed E-state index contributed by atoms with van der Waals surface area (Å²) in [5.41, 5.74) is 1.47. The molecule has 0 saturated carbocycles. The Kier molecular flexibility index (Phi) is 7.59. The van der Waals surface area contributed by atoms with E-state index < -0.39 is 18.3 Å². The van der Waals surface area contributed by atoms with Crippen LogP contribution in [0.1, 0.15) is 34.0 Å². The van der Waals surface area contributed by atoms with Gasteiger partial charge < -0.3 is 20.3 Å². The highest BCUT2D eigenvalue weighted by atomic mass is 35.5. The topological polar surface area (TPSA) is 95.9 Å². The molecule has 0 aliphatic rings. The Labute approximate surface area is 156 Å². The van der Waals surface area contributed by atoms with Crippen LogP contribution in [0.15, 0.2) is 48.5 Å². The zero-order valence-electron chi connectivity index (χ0n) is 14.0. The van der Waals surface area contributed by atoms with Gasteiger partial charge in [0, 0.05) is 12.1 Å². The van der Waals surface area contributed by atoms with Gasteiger partial charge in [-0.1, -0.05) is 48.0 Å². The van der Waals surface area contributed by atoms with Gasteiger partial charge in [-0.3, -0.25) is 4.79 Å². The first kappa shape index (κ1) is 19.9. The van der Waals surface area contributed by atoms with Crippen LogP contribution in [-0.4, -0.2) is 35.2 Å². The third-order valence-corrected chi connectivity index (χ3v) is 4.12. The Bertz CT molecular complexity index is 738. The highest BCUT2D eigenvalue weighted by molar-refractivity contribution is 6.32. The van der Waals surface area contributed by atoms with E-state index in [1.807, 2.05) is 30.3 Å². The standard InChI is InChI=1S/C19H20ClNO5/c20-16-7-6-14(10-15(16)11-22)18(24)17(23)8-9-21-19(25)26-12-13-4-2-1-3-5-13/h1-7,10-11,17-18,23-24H,8-9,12H2,(H,21,25). The molecule has 0 aliphatic carbocycles. The Morgan fingerprint density at radius 3 is 2.62 bits per heavy atom. The molecule has 2 unspecified atom stereocenters. The van der Waals surface area contributed by atoms with E-state index in [2.05, 4.69) is 5.32 Å². The van der Waals surface area contributed by atoms with Crippen LogP contribution >= 0.6 is 11.6 Å². The molecule has 0 spiro atoms. The number of aliphatic hydroxyl groups excluding tert-OH is 2. The maximum absolute atomic E-state index is 11.6. The summed E-state index contributed by atoms with van der Waals surface area (Å²) in [6.07, 6.45) is -2.24. The number of rotatable bonds is 8. The summed E-state index contributed by atoms with van der Waals surface area (Å²) < 4.78 is 5.05. The molecule has 2 aromatic carbocycles. The Morgan fingerprint density at radius 1 is 1.19 bits per heavy atom. The maximum atomic E-state index is 11.6. The number of halogens is 1. The summed E-state index contributed by atoms with van der Waals surface area (Å²) in [4.78, 5) is 22.5. The first-order valence-electron chi connectivity index (χ1n) is 8.06. The largest absolute Gasteiger partial charge is 0.445 e. The van der Waals surface area contributed by atoms with Gasteiger partial charge in [-0.2, -0.15) is 0 Å². The molecular formula is C19H20ClNO5. The molecule has 0 heterocycles. The first-order valence-corrected chi connectivity index (χ1v) is 8.44. The predicted octanol–water partition coefficient (Wildman–Crippen LogP) is 2.86. The second kappa shape index (κ2) is 9.91. The van der Waals surface area contributed by atoms with Crippen molar-refractivity contribution in [2.45, 2.75) is 25.2 Å². The summed E-state index contributed by atoms with van der Waals surface area (Å²) in [6, 6.07) is 13.7. The molecule has 0 bridgehead atoms. The third-order valence-electron chi connectivity index (χ3n) is 3.78. The highest BCUT2D eigenvalue weighted by Gasteiger charge is 2.19. The van der Waals surface area contributed by atoms with Gasteiger partial charge >= 0.3 is 6.09 Å². The second-order valence-electron chi connectivity index (χ2n) is 5.69. The van der Waals surface area contributed by atoms with E-state index in [1.165, 1.54) is 18.2 Å². The molecular weight excluding hydrogens is 358 g/mol. The normalized spacial score (nSPS) is 12.9. The summed E-state index contributed by atoms with van der Waals surface area (Å²) in [5, 5.41) is 23.0. The number of aliphatic hydroxyl groups is 2. The number of amides is 1. The lowest BCUT2D eigenvalue weighted by atomic mass is 10.0. The second-order valence-corrected chi connectivity index (χ2v) is 6.10. The van der Waals surface area contributed by atoms with Crippen LogP contribution in [0.3, 0.4) is 0 Å². The van der Waals surface area contributed by atoms with Crippen LogP contribution in [-0.2, 0) is 11.3 Å². The van der Waals surface area contributed by atoms with Crippen molar-refractivity contribution in [1.82, 2.24) is 5.32 Å². The summed E-state index contributed by atoms with van der Waals surface area (Å²) in [5.74, 6) is 0. The predicted molar refractivity (Wildman–Crippen MR) is 97.1 cm³/mol. The van der Waals surface area contributed by atoms with E-state index in [0.717, 1.165) is 5.56 Å². The van der Waals surface area contributed by atoms with Crippen LogP contribution < -0.4 is 5.32 Å². The van der Waals surface area contributed by atoms with Gasteiger partial charge in [-0.15, -0.1) is 0 Å². The van der Waals surface area contributed by atoms with E-state index in [0.29, 0.717) is 11.8 Å². The molecule has 7 heteroatoms. The molecule has 0 aromatic heterocycles. The van der Waals surface area contributed by atoms with Gasteiger partial charge in [-0.05, 0) is 29.7 Å². The van der Waals surface area contributed by atoms with E-state index in [9.17, 15) is 19.8 Å². The number of nitrogens with one attached hydrogen (secondary N) is 1. The Hall–Kier alpha value is -2.41. The number of alkyl carbamates (subject to hydrolysis) is 1. The van der Waals surface area contributed by atoms with E-state index in [1.54, 1.807) is 0 Å². The average molecular weight is 378 g/mol. The molecule has 6 nitrogen and oxygen atoms in total. The minimum Gasteiger partial charge on any atom is -0.445 e. The molecule has 0 saturated heterocycles. The van der Waals surface area contributed by atoms with Crippen LogP contribution in [0, 0.1) is 0 Å². The van der Waals surface area contributed by atoms with E-state index in [-0.39, 0.29) is 30.2 Å². The summed E-state index contributed by atoms with van der Waals surface area (Å²) >= 11 is 5.84. The molecule has 26 heavy (non-hydrogen) atoms. The fourth-order valence-corrected chi connectivity index (χ4v) is 2.47. The summed E-state index contributed by atoms with van der Waals surface area (Å²) in [6.45, 7) is 0.275. The summed E-state index contributed by atoms with van der Waals surface area (Å²) in [7, 11) is 0. The number of hydrogen-bond donors (Lipinski definition) is 3. The van der Waals surface area contributed by atoms with Crippen molar-refractivity contribution in [3.8, 4) is 0 Å². The van der Waals surface area contributed by atoms with Gasteiger partial charge in [0.05, 0.1) is 11.1 Å². The van der Waals surface area contributed by atoms with Gasteiger partial charge in [0.25, 0.3) is 0 Å². The van der Waals surface area contributed by atoms with Crippen molar-refractivity contribution in [2.24, 2.45) is 0 Å². The maximum Gasteiger partial charge on any atom is 0.407 e. The smallest absolute Gasteiger partial charge is 0.407 e. The average Bonchev–Trinajstić information content (AvgIpc) is 2.67. The van der Waals surface area contributed by atoms with Gasteiger partial charge in [0.2, 0.25) is 0 Å². The van der Waals surface area contributed by atoms with Crippen LogP contribution in [0.2, 0.25) is 5.02 Å². The fourth-order valence-electron chi connectivity index (χ4n) is 2.31. The number of hydrogen-bond acceptors (Lipinski definition) is 5. The first-order chi connectivity index (χ1) is 12.5. The van der Waals surface area contributed by atoms with Crippen molar-refractivity contribution in [1.29, 1.82) is 0 Å². The van der Waals surface area contributed by atoms with Crippen LogP contribution in [0.5, 0.6) is 0 Å². The molecule has 2 aromatic rings. The highest BCUT2D eigenvalue weighted by Crippen LogP contribution is 2.23. The Balaban J connectivity index is 1.76. The zero-order valence-corrected chi connectivity index (χ0v) is 14.7. The lowest BCUT2D eigenvalue weighted by Gasteiger charge is -2.19. The van der Waals surface area contributed by atoms with E-state index in [4.69, 9.17) is 16.3 Å². The lowest BCUT2D eigenvalue weighted by molar-refractivity contribution is 0.0136. The Morgan fingerprint density at radius 2 is 1.92 bits per heavy atom. The van der Waals surface area contributed by atoms with Gasteiger partial charge in [0.1, 0.15) is 12.7 Å². The zero-order chi connectivity index (χ0) is 18.9. The van der Waals surface area contributed by atoms with Crippen molar-refractivity contribution in [2.75, 3.05) is 6.54 Å². The molecule has 2 rings (SSSR count). The SMILES string of the molecule is O=Cc1cc(C(O)C(O)CCNC(=O)OCc2ccccc2)ccc1Cl. The molecule has 1 amide bonds. The van der Waals surface area contributed by atoms with Crippen molar-refractivity contribution in [3.63, 3.8) is 0 Å². The molecule has 0 fully saturated rings. The molecule has 3 N–H and O–H groups in total. The van der Waals surface area contributed by atoms with Crippen LogP contribution in [0.25, 0.3) is 0 Å². The minimum absolute atomic E-state index is 0.112. The van der Waals surface area contributed by atoms with Crippen LogP contribution in [0.4, 0.5) is 4.79 Å². The van der Waals surface area contributed by atoms with Gasteiger partial charge in [-0.25, -0.2) is 4.79 Å². The molecule has 0 radical (unpaired) electrons. The minimum atomic E-state index is -1.20. The number of aldehydes is 1.